The van der Waals surface area contributed by atoms with E-state index < -0.39 is 45.8 Å². The normalized spacial score (nSPS) is 12.9. The fraction of sp³-hybridized carbons (Fsp3) is 0.174. The van der Waals surface area contributed by atoms with Crippen LogP contribution in [0, 0.1) is 0 Å². The molecule has 4 rings (SSSR count). The van der Waals surface area contributed by atoms with Crippen molar-refractivity contribution in [3.8, 4) is 5.75 Å². The zero-order valence-corrected chi connectivity index (χ0v) is 22.2. The Morgan fingerprint density at radius 3 is 1.76 bits per heavy atom. The maximum absolute atomic E-state index is 13.2. The first-order valence-corrected chi connectivity index (χ1v) is 15.3. The molecule has 0 aromatic heterocycles. The first-order valence-electron chi connectivity index (χ1n) is 10.9. The lowest BCUT2D eigenvalue weighted by atomic mass is 9.94. The molecule has 0 saturated carbocycles. The van der Waals surface area contributed by atoms with Crippen LogP contribution >= 0.6 is 0 Å². The van der Waals surface area contributed by atoms with Crippen LogP contribution in [0.2, 0.25) is 0 Å². The number of phenolic OH excluding ortho intramolecular Hbond substituents is 1. The standard InChI is InChI=1S/C23H22N2O10S3/c1-12(2)23(27)24-8-3-9-25-36(28,29)18-10-17(26)13-4-5-15-19(37(30,31)32)11-20(38(33,34)35)16-7-6-14(18)21(13)22(15)16/h4-7,10-11,25-26H,1,3,8-9H2,2H3,(H,24,27)(H,30,31,32)(H,33,34,35). The van der Waals surface area contributed by atoms with Crippen molar-refractivity contribution in [1.29, 1.82) is 0 Å². The van der Waals surface area contributed by atoms with Crippen LogP contribution in [0.15, 0.2) is 63.2 Å². The average Bonchev–Trinajstić information content (AvgIpc) is 2.80. The van der Waals surface area contributed by atoms with E-state index in [0.29, 0.717) is 11.6 Å². The SMILES string of the molecule is C=C(C)C(=O)NCCCNS(=O)(=O)c1cc(O)c2ccc3c(S(=O)(=O)O)cc(S(=O)(=O)O)c4ccc1c2c34. The fourth-order valence-electron chi connectivity index (χ4n) is 4.25. The summed E-state index contributed by atoms with van der Waals surface area (Å²) < 4.78 is 96.7. The topological polar surface area (TPSA) is 204 Å². The largest absolute Gasteiger partial charge is 0.507 e. The van der Waals surface area contributed by atoms with Crippen LogP contribution in [0.25, 0.3) is 32.3 Å². The Morgan fingerprint density at radius 1 is 0.789 bits per heavy atom. The zero-order valence-electron chi connectivity index (χ0n) is 19.7. The van der Waals surface area contributed by atoms with E-state index in [1.165, 1.54) is 31.2 Å². The lowest BCUT2D eigenvalue weighted by Crippen LogP contribution is -2.30. The number of sulfonamides is 1. The molecule has 1 amide bonds. The van der Waals surface area contributed by atoms with Gasteiger partial charge in [0.2, 0.25) is 15.9 Å². The Balaban J connectivity index is 1.92. The highest BCUT2D eigenvalue weighted by atomic mass is 32.2. The van der Waals surface area contributed by atoms with Crippen LogP contribution < -0.4 is 10.0 Å². The van der Waals surface area contributed by atoms with Crippen LogP contribution in [-0.2, 0) is 35.1 Å². The van der Waals surface area contributed by atoms with Crippen LogP contribution in [-0.4, -0.2) is 58.5 Å². The monoisotopic (exact) mass is 582 g/mol. The molecule has 0 aliphatic rings. The van der Waals surface area contributed by atoms with Gasteiger partial charge in [-0.25, -0.2) is 13.1 Å². The van der Waals surface area contributed by atoms with E-state index in [9.17, 15) is 44.3 Å². The molecule has 38 heavy (non-hydrogen) atoms. The van der Waals surface area contributed by atoms with Gasteiger partial charge in [0.1, 0.15) is 15.5 Å². The average molecular weight is 583 g/mol. The Bertz CT molecular complexity index is 1910. The van der Waals surface area contributed by atoms with E-state index >= 15 is 0 Å². The summed E-state index contributed by atoms with van der Waals surface area (Å²) in [5.41, 5.74) is 0.295. The molecule has 0 aliphatic carbocycles. The molecule has 0 fully saturated rings. The van der Waals surface area contributed by atoms with E-state index in [2.05, 4.69) is 16.6 Å². The van der Waals surface area contributed by atoms with Crippen molar-refractivity contribution in [3.05, 3.63) is 48.6 Å². The predicted molar refractivity (Wildman–Crippen MR) is 139 cm³/mol. The zero-order chi connectivity index (χ0) is 28.2. The van der Waals surface area contributed by atoms with E-state index in [1.54, 1.807) is 0 Å². The van der Waals surface area contributed by atoms with Crippen molar-refractivity contribution in [1.82, 2.24) is 10.0 Å². The number of aromatic hydroxyl groups is 1. The van der Waals surface area contributed by atoms with Crippen molar-refractivity contribution in [2.75, 3.05) is 13.1 Å². The molecule has 5 N–H and O–H groups in total. The van der Waals surface area contributed by atoms with Gasteiger partial charge >= 0.3 is 0 Å². The molecule has 0 atom stereocenters. The smallest absolute Gasteiger partial charge is 0.295 e. The molecule has 0 radical (unpaired) electrons. The molecular weight excluding hydrogens is 560 g/mol. The highest BCUT2D eigenvalue weighted by Crippen LogP contribution is 2.44. The summed E-state index contributed by atoms with van der Waals surface area (Å²) in [6, 6.07) is 6.61. The van der Waals surface area contributed by atoms with Crippen molar-refractivity contribution in [2.45, 2.75) is 28.0 Å². The molecule has 0 aliphatic heterocycles. The maximum atomic E-state index is 13.2. The number of hydrogen-bond acceptors (Lipinski definition) is 8. The second-order valence-corrected chi connectivity index (χ2v) is 13.1. The van der Waals surface area contributed by atoms with Crippen LogP contribution in [0.5, 0.6) is 5.75 Å². The molecule has 0 heterocycles. The number of phenols is 1. The molecule has 0 bridgehead atoms. The summed E-state index contributed by atoms with van der Waals surface area (Å²) in [5, 5.41) is 13.0. The molecule has 15 heteroatoms. The third kappa shape index (κ3) is 4.91. The van der Waals surface area contributed by atoms with Gasteiger partial charge < -0.3 is 10.4 Å². The number of carbonyl (C=O) groups excluding carboxylic acids is 1. The Labute approximate surface area is 217 Å². The molecule has 4 aromatic carbocycles. The van der Waals surface area contributed by atoms with Gasteiger partial charge in [-0.15, -0.1) is 0 Å². The van der Waals surface area contributed by atoms with Crippen LogP contribution in [0.1, 0.15) is 13.3 Å². The Kier molecular flexibility index (Phi) is 6.88. The quantitative estimate of drug-likeness (QED) is 0.0841. The minimum atomic E-state index is -4.99. The number of benzene rings is 4. The van der Waals surface area contributed by atoms with Crippen molar-refractivity contribution in [2.24, 2.45) is 0 Å². The maximum Gasteiger partial charge on any atom is 0.295 e. The number of hydrogen-bond donors (Lipinski definition) is 5. The van der Waals surface area contributed by atoms with Gasteiger partial charge in [0.25, 0.3) is 20.2 Å². The summed E-state index contributed by atoms with van der Waals surface area (Å²) in [4.78, 5) is 9.53. The van der Waals surface area contributed by atoms with Crippen LogP contribution in [0.3, 0.4) is 0 Å². The summed E-state index contributed by atoms with van der Waals surface area (Å²) in [6.07, 6.45) is 0.228. The first kappa shape index (κ1) is 27.7. The Morgan fingerprint density at radius 2 is 1.26 bits per heavy atom. The fourth-order valence-corrected chi connectivity index (χ4v) is 7.05. The minimum Gasteiger partial charge on any atom is -0.507 e. The summed E-state index contributed by atoms with van der Waals surface area (Å²) in [5.74, 6) is -0.871. The van der Waals surface area contributed by atoms with E-state index in [-0.39, 0.29) is 62.6 Å². The third-order valence-corrected chi connectivity index (χ3v) is 9.22. The highest BCUT2D eigenvalue weighted by Gasteiger charge is 2.28. The highest BCUT2D eigenvalue weighted by molar-refractivity contribution is 7.89. The Hall–Kier alpha value is -3.34. The van der Waals surface area contributed by atoms with E-state index in [0.717, 1.165) is 6.07 Å². The van der Waals surface area contributed by atoms with Crippen molar-refractivity contribution in [3.63, 3.8) is 0 Å². The van der Waals surface area contributed by atoms with Gasteiger partial charge in [-0.05, 0) is 25.5 Å². The summed E-state index contributed by atoms with van der Waals surface area (Å²) in [7, 11) is -14.3. The van der Waals surface area contributed by atoms with Gasteiger partial charge in [-0.1, -0.05) is 24.8 Å². The van der Waals surface area contributed by atoms with Gasteiger partial charge in [-0.2, -0.15) is 16.8 Å². The molecule has 12 nitrogen and oxygen atoms in total. The number of amides is 1. The third-order valence-electron chi connectivity index (χ3n) is 5.93. The second-order valence-electron chi connectivity index (χ2n) is 8.58. The lowest BCUT2D eigenvalue weighted by molar-refractivity contribution is -0.117. The van der Waals surface area contributed by atoms with Crippen molar-refractivity contribution < 1.29 is 44.3 Å². The van der Waals surface area contributed by atoms with E-state index in [4.69, 9.17) is 0 Å². The molecule has 0 saturated heterocycles. The van der Waals surface area contributed by atoms with E-state index in [1.807, 2.05) is 0 Å². The molecule has 202 valence electrons. The van der Waals surface area contributed by atoms with Gasteiger partial charge in [0.15, 0.2) is 0 Å². The first-order chi connectivity index (χ1) is 17.5. The molecular formula is C23H22N2O10S3. The summed E-state index contributed by atoms with van der Waals surface area (Å²) in [6.45, 7) is 5.10. The van der Waals surface area contributed by atoms with Crippen LogP contribution in [0.4, 0.5) is 0 Å². The van der Waals surface area contributed by atoms with Crippen molar-refractivity contribution >= 4 is 68.5 Å². The molecule has 0 spiro atoms. The molecule has 4 aromatic rings. The number of rotatable bonds is 9. The van der Waals surface area contributed by atoms with Gasteiger partial charge in [-0.3, -0.25) is 13.9 Å². The second kappa shape index (κ2) is 9.44. The minimum absolute atomic E-state index is 0.00416. The van der Waals surface area contributed by atoms with Gasteiger partial charge in [0, 0.05) is 57.0 Å². The lowest BCUT2D eigenvalue weighted by Gasteiger charge is -2.18. The summed E-state index contributed by atoms with van der Waals surface area (Å²) >= 11 is 0. The predicted octanol–water partition coefficient (Wildman–Crippen LogP) is 2.14. The van der Waals surface area contributed by atoms with Gasteiger partial charge in [0.05, 0.1) is 4.90 Å². The number of nitrogens with one attached hydrogen (secondary N) is 2. The molecule has 0 unspecified atom stereocenters. The number of carbonyl (C=O) groups is 1.